The Hall–Kier alpha value is -3.27. The molecule has 3 rings (SSSR count). The first kappa shape index (κ1) is 21.4. The van der Waals surface area contributed by atoms with Gasteiger partial charge in [-0.05, 0) is 35.4 Å². The molecule has 30 heavy (non-hydrogen) atoms. The van der Waals surface area contributed by atoms with Gasteiger partial charge in [0.05, 0.1) is 13.7 Å². The number of alkyl halides is 3. The average Bonchev–Trinajstić information content (AvgIpc) is 3.10. The smallest absolute Gasteiger partial charge is 0.464 e. The summed E-state index contributed by atoms with van der Waals surface area (Å²) in [5.41, 5.74) is 1.77. The van der Waals surface area contributed by atoms with Crippen LogP contribution in [0.3, 0.4) is 0 Å². The molecule has 0 N–H and O–H groups in total. The van der Waals surface area contributed by atoms with E-state index in [0.717, 1.165) is 16.0 Å². The molecule has 0 fully saturated rings. The highest BCUT2D eigenvalue weighted by molar-refractivity contribution is 7.99. The second-order valence-electron chi connectivity index (χ2n) is 5.90. The number of ether oxygens (including phenoxy) is 2. The van der Waals surface area contributed by atoms with Gasteiger partial charge in [0.1, 0.15) is 5.75 Å². The topological polar surface area (TPSA) is 66.2 Å². The van der Waals surface area contributed by atoms with Crippen molar-refractivity contribution in [3.05, 3.63) is 66.9 Å². The van der Waals surface area contributed by atoms with Crippen molar-refractivity contribution < 1.29 is 27.4 Å². The van der Waals surface area contributed by atoms with Crippen molar-refractivity contribution in [2.24, 2.45) is 0 Å². The zero-order valence-corrected chi connectivity index (χ0v) is 16.5. The minimum absolute atomic E-state index is 0.228. The fourth-order valence-electron chi connectivity index (χ4n) is 2.58. The van der Waals surface area contributed by atoms with Crippen LogP contribution in [-0.4, -0.2) is 34.4 Å². The second kappa shape index (κ2) is 9.04. The van der Waals surface area contributed by atoms with Gasteiger partial charge in [-0.15, -0.1) is 24.8 Å². The molecular weight excluding hydrogens is 419 g/mol. The van der Waals surface area contributed by atoms with E-state index >= 15 is 0 Å². The predicted octanol–water partition coefficient (Wildman–Crippen LogP) is 4.97. The third-order valence-corrected chi connectivity index (χ3v) is 4.85. The summed E-state index contributed by atoms with van der Waals surface area (Å²) in [7, 11) is 1.28. The summed E-state index contributed by atoms with van der Waals surface area (Å²) in [5, 5.41) is 8.39. The number of methoxy groups -OCH3 is 1. The Morgan fingerprint density at radius 2 is 1.73 bits per heavy atom. The van der Waals surface area contributed by atoms with Gasteiger partial charge in [0.2, 0.25) is 0 Å². The summed E-state index contributed by atoms with van der Waals surface area (Å²) in [6.45, 7) is 3.94. The van der Waals surface area contributed by atoms with Gasteiger partial charge in [-0.1, -0.05) is 47.3 Å². The van der Waals surface area contributed by atoms with Gasteiger partial charge in [0.15, 0.2) is 10.7 Å². The van der Waals surface area contributed by atoms with E-state index in [9.17, 15) is 18.0 Å². The van der Waals surface area contributed by atoms with Crippen LogP contribution in [0.1, 0.15) is 10.5 Å². The first-order chi connectivity index (χ1) is 14.3. The molecule has 0 saturated carbocycles. The lowest BCUT2D eigenvalue weighted by Gasteiger charge is -2.09. The molecule has 6 nitrogen and oxygen atoms in total. The van der Waals surface area contributed by atoms with Gasteiger partial charge in [0, 0.05) is 4.90 Å². The molecule has 0 radical (unpaired) electrons. The number of benzene rings is 2. The molecule has 3 aromatic rings. The van der Waals surface area contributed by atoms with Gasteiger partial charge in [-0.25, -0.2) is 9.48 Å². The van der Waals surface area contributed by atoms with Crippen molar-refractivity contribution in [2.75, 3.05) is 7.11 Å². The fraction of sp³-hybridized carbons (Fsp3) is 0.150. The Labute approximate surface area is 174 Å². The van der Waals surface area contributed by atoms with Gasteiger partial charge < -0.3 is 9.47 Å². The molecule has 156 valence electrons. The van der Waals surface area contributed by atoms with E-state index in [0.29, 0.717) is 11.6 Å². The Bertz CT molecular complexity index is 1030. The van der Waals surface area contributed by atoms with E-state index in [2.05, 4.69) is 21.6 Å². The standard InChI is InChI=1S/C20H16F3N3O3S/c1-3-12-26-17(19(27)28-2)18(24-25-26)30-16-10-6-14(7-11-16)13-4-8-15(9-5-13)29-20(21,22)23/h3-11H,1,12H2,2H3. The van der Waals surface area contributed by atoms with Gasteiger partial charge >= 0.3 is 12.3 Å². The minimum Gasteiger partial charge on any atom is -0.464 e. The molecule has 0 bridgehead atoms. The lowest BCUT2D eigenvalue weighted by Crippen LogP contribution is -2.16. The van der Waals surface area contributed by atoms with Crippen molar-refractivity contribution in [3.63, 3.8) is 0 Å². The van der Waals surface area contributed by atoms with Crippen molar-refractivity contribution in [1.82, 2.24) is 15.0 Å². The third kappa shape index (κ3) is 5.20. The normalized spacial score (nSPS) is 11.2. The summed E-state index contributed by atoms with van der Waals surface area (Å²) in [4.78, 5) is 12.9. The number of esters is 1. The number of nitrogens with zero attached hydrogens (tertiary/aromatic N) is 3. The van der Waals surface area contributed by atoms with Crippen LogP contribution in [-0.2, 0) is 11.3 Å². The number of hydrogen-bond acceptors (Lipinski definition) is 6. The number of rotatable bonds is 7. The second-order valence-corrected chi connectivity index (χ2v) is 6.97. The van der Waals surface area contributed by atoms with Crippen LogP contribution in [0.5, 0.6) is 5.75 Å². The SMILES string of the molecule is C=CCn1nnc(Sc2ccc(-c3ccc(OC(F)(F)F)cc3)cc2)c1C(=O)OC. The Kier molecular flexibility index (Phi) is 6.46. The van der Waals surface area contributed by atoms with E-state index < -0.39 is 12.3 Å². The lowest BCUT2D eigenvalue weighted by molar-refractivity contribution is -0.274. The summed E-state index contributed by atoms with van der Waals surface area (Å²) < 4.78 is 46.9. The fourth-order valence-corrected chi connectivity index (χ4v) is 3.44. The van der Waals surface area contributed by atoms with E-state index in [4.69, 9.17) is 4.74 Å². The number of hydrogen-bond donors (Lipinski definition) is 0. The molecule has 1 heterocycles. The molecular formula is C20H16F3N3O3S. The molecule has 0 aliphatic rings. The molecule has 2 aromatic carbocycles. The Morgan fingerprint density at radius 1 is 1.13 bits per heavy atom. The van der Waals surface area contributed by atoms with Crippen LogP contribution in [0, 0.1) is 0 Å². The van der Waals surface area contributed by atoms with Crippen molar-refractivity contribution in [3.8, 4) is 16.9 Å². The molecule has 1 aromatic heterocycles. The maximum Gasteiger partial charge on any atom is 0.573 e. The highest BCUT2D eigenvalue weighted by Crippen LogP contribution is 2.32. The van der Waals surface area contributed by atoms with E-state index in [-0.39, 0.29) is 11.4 Å². The van der Waals surface area contributed by atoms with E-state index in [1.165, 1.54) is 35.7 Å². The molecule has 0 unspecified atom stereocenters. The van der Waals surface area contributed by atoms with Crippen LogP contribution in [0.15, 0.2) is 71.1 Å². The Morgan fingerprint density at radius 3 is 2.27 bits per heavy atom. The van der Waals surface area contributed by atoms with Gasteiger partial charge in [0.25, 0.3) is 0 Å². The summed E-state index contributed by atoms with van der Waals surface area (Å²) in [5.74, 6) is -0.835. The molecule has 0 spiro atoms. The zero-order valence-electron chi connectivity index (χ0n) is 15.7. The molecule has 10 heteroatoms. The van der Waals surface area contributed by atoms with Crippen molar-refractivity contribution >= 4 is 17.7 Å². The first-order valence-corrected chi connectivity index (χ1v) is 9.39. The maximum atomic E-state index is 12.3. The number of allylic oxidation sites excluding steroid dienone is 1. The van der Waals surface area contributed by atoms with Crippen LogP contribution in [0.25, 0.3) is 11.1 Å². The predicted molar refractivity (Wildman–Crippen MR) is 104 cm³/mol. The first-order valence-electron chi connectivity index (χ1n) is 8.57. The molecule has 0 aliphatic heterocycles. The third-order valence-electron chi connectivity index (χ3n) is 3.88. The number of halogens is 3. The monoisotopic (exact) mass is 435 g/mol. The lowest BCUT2D eigenvalue weighted by atomic mass is 10.1. The van der Waals surface area contributed by atoms with Crippen LogP contribution < -0.4 is 4.74 Å². The van der Waals surface area contributed by atoms with Crippen LogP contribution >= 0.6 is 11.8 Å². The van der Waals surface area contributed by atoms with Gasteiger partial charge in [-0.3, -0.25) is 0 Å². The number of aromatic nitrogens is 3. The van der Waals surface area contributed by atoms with Gasteiger partial charge in [-0.2, -0.15) is 0 Å². The molecule has 0 atom stereocenters. The largest absolute Gasteiger partial charge is 0.573 e. The highest BCUT2D eigenvalue weighted by Gasteiger charge is 2.31. The summed E-state index contributed by atoms with van der Waals surface area (Å²) in [6.07, 6.45) is -3.13. The zero-order chi connectivity index (χ0) is 21.7. The molecule has 0 amide bonds. The number of carbonyl (C=O) groups is 1. The minimum atomic E-state index is -4.73. The number of carbonyl (C=O) groups excluding carboxylic acids is 1. The van der Waals surface area contributed by atoms with Crippen LogP contribution in [0.2, 0.25) is 0 Å². The molecule has 0 saturated heterocycles. The van der Waals surface area contributed by atoms with Crippen LogP contribution in [0.4, 0.5) is 13.2 Å². The highest BCUT2D eigenvalue weighted by atomic mass is 32.2. The van der Waals surface area contributed by atoms with Crippen molar-refractivity contribution in [1.29, 1.82) is 0 Å². The Balaban J connectivity index is 1.77. The summed E-state index contributed by atoms with van der Waals surface area (Å²) in [6, 6.07) is 12.8. The molecule has 0 aliphatic carbocycles. The quantitative estimate of drug-likeness (QED) is 0.386. The summed E-state index contributed by atoms with van der Waals surface area (Å²) >= 11 is 1.24. The van der Waals surface area contributed by atoms with E-state index in [1.807, 2.05) is 24.3 Å². The maximum absolute atomic E-state index is 12.3. The van der Waals surface area contributed by atoms with Crippen molar-refractivity contribution in [2.45, 2.75) is 22.8 Å². The van der Waals surface area contributed by atoms with E-state index in [1.54, 1.807) is 18.2 Å². The average molecular weight is 435 g/mol.